The third kappa shape index (κ3) is 1.72. The average Bonchev–Trinajstić information content (AvgIpc) is 2.98. The van der Waals surface area contributed by atoms with Crippen molar-refractivity contribution < 1.29 is 4.79 Å². The molecule has 0 amide bonds. The number of rotatable bonds is 3. The highest BCUT2D eigenvalue weighted by molar-refractivity contribution is 5.95. The van der Waals surface area contributed by atoms with E-state index in [9.17, 15) is 9.59 Å². The van der Waals surface area contributed by atoms with Crippen molar-refractivity contribution in [1.29, 1.82) is 0 Å². The van der Waals surface area contributed by atoms with Gasteiger partial charge in [0.1, 0.15) is 11.5 Å². The second-order valence-corrected chi connectivity index (χ2v) is 3.42. The average molecular weight is 193 g/mol. The fraction of sp³-hybridized carbons (Fsp3) is 0.444. The minimum atomic E-state index is -0.294. The van der Waals surface area contributed by atoms with Gasteiger partial charge in [-0.15, -0.1) is 0 Å². The largest absolute Gasteiger partial charge is 0.324 e. The Kier molecular flexibility index (Phi) is 2.17. The van der Waals surface area contributed by atoms with E-state index in [4.69, 9.17) is 5.73 Å². The maximum absolute atomic E-state index is 11.2. The number of ketones is 1. The van der Waals surface area contributed by atoms with Crippen molar-refractivity contribution in [2.45, 2.75) is 18.8 Å². The van der Waals surface area contributed by atoms with E-state index in [1.54, 1.807) is 0 Å². The van der Waals surface area contributed by atoms with Crippen LogP contribution in [0.5, 0.6) is 0 Å². The van der Waals surface area contributed by atoms with E-state index in [0.717, 1.165) is 12.8 Å². The zero-order chi connectivity index (χ0) is 10.1. The molecule has 1 heterocycles. The molecule has 0 saturated heterocycles. The number of hydrogen-bond donors (Lipinski definition) is 2. The van der Waals surface area contributed by atoms with Crippen molar-refractivity contribution in [2.24, 2.45) is 5.73 Å². The van der Waals surface area contributed by atoms with Crippen LogP contribution in [0.1, 0.15) is 35.1 Å². The van der Waals surface area contributed by atoms with Gasteiger partial charge < -0.3 is 10.7 Å². The normalized spacial score (nSPS) is 15.5. The lowest BCUT2D eigenvalue weighted by atomic mass is 10.2. The molecule has 5 heteroatoms. The van der Waals surface area contributed by atoms with Gasteiger partial charge in [-0.25, -0.2) is 4.98 Å². The number of nitrogens with one attached hydrogen (secondary N) is 1. The van der Waals surface area contributed by atoms with Crippen molar-refractivity contribution in [2.75, 3.05) is 6.54 Å². The van der Waals surface area contributed by atoms with Crippen LogP contribution in [0, 0.1) is 0 Å². The maximum atomic E-state index is 11.2. The van der Waals surface area contributed by atoms with E-state index in [0.29, 0.717) is 11.7 Å². The zero-order valence-electron chi connectivity index (χ0n) is 7.62. The minimum absolute atomic E-state index is 0.111. The molecule has 0 aromatic carbocycles. The van der Waals surface area contributed by atoms with E-state index in [-0.39, 0.29) is 23.6 Å². The SMILES string of the molecule is NCC(=O)c1cc(=O)[nH]c(C2CC2)n1. The molecule has 1 aromatic rings. The lowest BCUT2D eigenvalue weighted by molar-refractivity contribution is 0.0996. The van der Waals surface area contributed by atoms with E-state index in [2.05, 4.69) is 9.97 Å². The fourth-order valence-electron chi connectivity index (χ4n) is 1.27. The molecule has 0 spiro atoms. The molecule has 5 nitrogen and oxygen atoms in total. The predicted molar refractivity (Wildman–Crippen MR) is 50.2 cm³/mol. The molecule has 14 heavy (non-hydrogen) atoms. The Balaban J connectivity index is 2.40. The molecular formula is C9H11N3O2. The lowest BCUT2D eigenvalue weighted by Gasteiger charge is -2.00. The number of H-pyrrole nitrogens is 1. The number of aromatic amines is 1. The molecule has 1 aliphatic carbocycles. The number of carbonyl (C=O) groups is 1. The Hall–Kier alpha value is -1.49. The summed E-state index contributed by atoms with van der Waals surface area (Å²) in [5.74, 6) is 0.653. The molecule has 0 unspecified atom stereocenters. The summed E-state index contributed by atoms with van der Waals surface area (Å²) in [5, 5.41) is 0. The molecule has 1 saturated carbocycles. The van der Waals surface area contributed by atoms with Crippen molar-refractivity contribution in [3.63, 3.8) is 0 Å². The Morgan fingerprint density at radius 1 is 1.64 bits per heavy atom. The fourth-order valence-corrected chi connectivity index (χ4v) is 1.27. The summed E-state index contributed by atoms with van der Waals surface area (Å²) in [5.41, 5.74) is 5.09. The molecular weight excluding hydrogens is 182 g/mol. The monoisotopic (exact) mass is 193 g/mol. The van der Waals surface area contributed by atoms with Crippen LogP contribution in [0.3, 0.4) is 0 Å². The van der Waals surface area contributed by atoms with Gasteiger partial charge in [-0.05, 0) is 12.8 Å². The number of nitrogens with zero attached hydrogens (tertiary/aromatic N) is 1. The zero-order valence-corrected chi connectivity index (χ0v) is 7.62. The Bertz CT molecular complexity index is 420. The second-order valence-electron chi connectivity index (χ2n) is 3.42. The number of Topliss-reactive ketones (excluding diaryl/α,β-unsaturated/α-hetero) is 1. The van der Waals surface area contributed by atoms with Crippen LogP contribution in [-0.4, -0.2) is 22.3 Å². The van der Waals surface area contributed by atoms with Crippen molar-refractivity contribution in [3.05, 3.63) is 27.9 Å². The molecule has 1 aliphatic rings. The number of hydrogen-bond acceptors (Lipinski definition) is 4. The van der Waals surface area contributed by atoms with Gasteiger partial charge in [0.25, 0.3) is 5.56 Å². The minimum Gasteiger partial charge on any atom is -0.324 e. The van der Waals surface area contributed by atoms with Gasteiger partial charge in [0.05, 0.1) is 6.54 Å². The summed E-state index contributed by atoms with van der Waals surface area (Å²) in [7, 11) is 0. The van der Waals surface area contributed by atoms with Crippen molar-refractivity contribution in [1.82, 2.24) is 9.97 Å². The van der Waals surface area contributed by atoms with Crippen LogP contribution in [0.15, 0.2) is 10.9 Å². The van der Waals surface area contributed by atoms with Gasteiger partial charge in [-0.1, -0.05) is 0 Å². The molecule has 0 bridgehead atoms. The molecule has 1 aromatic heterocycles. The van der Waals surface area contributed by atoms with Crippen LogP contribution in [0.25, 0.3) is 0 Å². The first kappa shape index (κ1) is 9.08. The highest BCUT2D eigenvalue weighted by Gasteiger charge is 2.26. The predicted octanol–water partition coefficient (Wildman–Crippen LogP) is -0.211. The third-order valence-corrected chi connectivity index (χ3v) is 2.20. The summed E-state index contributed by atoms with van der Waals surface area (Å²) < 4.78 is 0. The smallest absolute Gasteiger partial charge is 0.251 e. The first-order valence-corrected chi connectivity index (χ1v) is 4.55. The second kappa shape index (κ2) is 3.34. The summed E-state index contributed by atoms with van der Waals surface area (Å²) >= 11 is 0. The number of carbonyl (C=O) groups excluding carboxylic acids is 1. The molecule has 1 fully saturated rings. The van der Waals surface area contributed by atoms with Gasteiger partial charge in [-0.2, -0.15) is 0 Å². The summed E-state index contributed by atoms with van der Waals surface area (Å²) in [6.07, 6.45) is 2.06. The van der Waals surface area contributed by atoms with E-state index in [1.807, 2.05) is 0 Å². The van der Waals surface area contributed by atoms with Crippen LogP contribution < -0.4 is 11.3 Å². The molecule has 74 valence electrons. The van der Waals surface area contributed by atoms with Gasteiger partial charge >= 0.3 is 0 Å². The maximum Gasteiger partial charge on any atom is 0.251 e. The van der Waals surface area contributed by atoms with Gasteiger partial charge in [-0.3, -0.25) is 9.59 Å². The lowest BCUT2D eigenvalue weighted by Crippen LogP contribution is -2.20. The highest BCUT2D eigenvalue weighted by atomic mass is 16.1. The topological polar surface area (TPSA) is 88.8 Å². The summed E-state index contributed by atoms with van der Waals surface area (Å²) in [6.45, 7) is -0.111. The first-order valence-electron chi connectivity index (χ1n) is 4.55. The number of aromatic nitrogens is 2. The first-order chi connectivity index (χ1) is 6.70. The van der Waals surface area contributed by atoms with Crippen LogP contribution in [0.2, 0.25) is 0 Å². The molecule has 0 aliphatic heterocycles. The van der Waals surface area contributed by atoms with E-state index < -0.39 is 0 Å². The van der Waals surface area contributed by atoms with Gasteiger partial charge in [0, 0.05) is 12.0 Å². The van der Waals surface area contributed by atoms with E-state index >= 15 is 0 Å². The molecule has 2 rings (SSSR count). The Morgan fingerprint density at radius 3 is 2.93 bits per heavy atom. The standard InChI is InChI=1S/C9H11N3O2/c10-4-7(13)6-3-8(14)12-9(11-6)5-1-2-5/h3,5H,1-2,4,10H2,(H,11,12,14). The summed E-state index contributed by atoms with van der Waals surface area (Å²) in [4.78, 5) is 29.1. The van der Waals surface area contributed by atoms with Gasteiger partial charge in [0.2, 0.25) is 0 Å². The van der Waals surface area contributed by atoms with E-state index in [1.165, 1.54) is 6.07 Å². The van der Waals surface area contributed by atoms with Crippen molar-refractivity contribution >= 4 is 5.78 Å². The quantitative estimate of drug-likeness (QED) is 0.650. The Morgan fingerprint density at radius 2 is 2.36 bits per heavy atom. The number of nitrogens with two attached hydrogens (primary N) is 1. The van der Waals surface area contributed by atoms with Crippen LogP contribution >= 0.6 is 0 Å². The summed E-state index contributed by atoms with van der Waals surface area (Å²) in [6, 6.07) is 1.20. The Labute approximate surface area is 80.4 Å². The van der Waals surface area contributed by atoms with Crippen molar-refractivity contribution in [3.8, 4) is 0 Å². The van der Waals surface area contributed by atoms with Crippen LogP contribution in [0.4, 0.5) is 0 Å². The molecule has 0 radical (unpaired) electrons. The highest BCUT2D eigenvalue weighted by Crippen LogP contribution is 2.37. The molecule has 0 atom stereocenters. The van der Waals surface area contributed by atoms with Gasteiger partial charge in [0.15, 0.2) is 5.78 Å². The molecule has 3 N–H and O–H groups in total. The third-order valence-electron chi connectivity index (χ3n) is 2.20. The van der Waals surface area contributed by atoms with Crippen LogP contribution in [-0.2, 0) is 0 Å².